The van der Waals surface area contributed by atoms with Crippen LogP contribution >= 0.6 is 23.8 Å². The minimum Gasteiger partial charge on any atom is -0.408 e. The third-order valence-electron chi connectivity index (χ3n) is 0.975. The summed E-state index contributed by atoms with van der Waals surface area (Å²) in [6, 6.07) is 7.16. The summed E-state index contributed by atoms with van der Waals surface area (Å²) >= 11 is 6.49. The van der Waals surface area contributed by atoms with Gasteiger partial charge in [0.05, 0.1) is 5.02 Å². The second kappa shape index (κ2) is 3.71. The molecule has 1 aromatic rings. The van der Waals surface area contributed by atoms with Crippen molar-refractivity contribution in [1.82, 2.24) is 0 Å². The Morgan fingerprint density at radius 2 is 2.10 bits per heavy atom. The molecular formula is C6H6ClNOS. The molecule has 2 N–H and O–H groups in total. The molecule has 0 atom stereocenters. The number of rotatable bonds is 2. The van der Waals surface area contributed by atoms with E-state index in [1.54, 1.807) is 12.1 Å². The van der Waals surface area contributed by atoms with Crippen LogP contribution in [0.15, 0.2) is 24.3 Å². The summed E-state index contributed by atoms with van der Waals surface area (Å²) in [6.45, 7) is 0. The van der Waals surface area contributed by atoms with Crippen LogP contribution in [0.1, 0.15) is 0 Å². The average Bonchev–Trinajstić information content (AvgIpc) is 1.94. The van der Waals surface area contributed by atoms with E-state index < -0.39 is 0 Å². The monoisotopic (exact) mass is 175 g/mol. The highest BCUT2D eigenvalue weighted by molar-refractivity contribution is 7.92. The molecule has 0 saturated heterocycles. The fourth-order valence-electron chi connectivity index (χ4n) is 0.564. The second-order valence-electron chi connectivity index (χ2n) is 1.61. The zero-order chi connectivity index (χ0) is 7.40. The van der Waals surface area contributed by atoms with Gasteiger partial charge in [-0.15, -0.1) is 0 Å². The van der Waals surface area contributed by atoms with E-state index in [0.717, 1.165) is 12.2 Å². The number of benzene rings is 1. The Kier molecular flexibility index (Phi) is 2.86. The van der Waals surface area contributed by atoms with E-state index in [2.05, 4.69) is 0 Å². The maximum Gasteiger partial charge on any atom is 0.157 e. The first-order chi connectivity index (χ1) is 4.84. The summed E-state index contributed by atoms with van der Waals surface area (Å²) < 4.78 is 4.90. The van der Waals surface area contributed by atoms with Crippen molar-refractivity contribution < 1.29 is 4.18 Å². The van der Waals surface area contributed by atoms with Crippen molar-refractivity contribution in [3.8, 4) is 5.75 Å². The lowest BCUT2D eigenvalue weighted by molar-refractivity contribution is 0.648. The van der Waals surface area contributed by atoms with Gasteiger partial charge in [0, 0.05) is 0 Å². The summed E-state index contributed by atoms with van der Waals surface area (Å²) in [5, 5.41) is 5.64. The molecule has 0 radical (unpaired) electrons. The summed E-state index contributed by atoms with van der Waals surface area (Å²) in [5.74, 6) is 0.594. The van der Waals surface area contributed by atoms with Crippen LogP contribution in [0.4, 0.5) is 0 Å². The molecule has 0 aliphatic carbocycles. The largest absolute Gasteiger partial charge is 0.408 e. The molecule has 0 unspecified atom stereocenters. The fraction of sp³-hybridized carbons (Fsp3) is 0. The normalized spacial score (nSPS) is 9.40. The smallest absolute Gasteiger partial charge is 0.157 e. The Labute approximate surface area is 68.7 Å². The van der Waals surface area contributed by atoms with Crippen molar-refractivity contribution >= 4 is 23.8 Å². The van der Waals surface area contributed by atoms with Crippen molar-refractivity contribution in [2.24, 2.45) is 5.14 Å². The van der Waals surface area contributed by atoms with E-state index in [9.17, 15) is 0 Å². The standard InChI is InChI=1S/C6H6ClNOS/c7-5-3-1-2-4-6(5)9-10-8/h1-4H,8H2. The van der Waals surface area contributed by atoms with Gasteiger partial charge in [0.25, 0.3) is 0 Å². The van der Waals surface area contributed by atoms with Gasteiger partial charge in [0.1, 0.15) is 12.2 Å². The third-order valence-corrected chi connectivity index (χ3v) is 1.56. The lowest BCUT2D eigenvalue weighted by Crippen LogP contribution is -1.86. The van der Waals surface area contributed by atoms with Gasteiger partial charge < -0.3 is 4.18 Å². The van der Waals surface area contributed by atoms with Crippen LogP contribution in [0.25, 0.3) is 0 Å². The molecule has 0 amide bonds. The molecule has 0 heterocycles. The molecule has 1 aromatic carbocycles. The molecule has 4 heteroatoms. The summed E-state index contributed by atoms with van der Waals surface area (Å²) in [6.07, 6.45) is 0. The third kappa shape index (κ3) is 1.80. The highest BCUT2D eigenvalue weighted by Gasteiger charge is 1.96. The molecule has 0 aromatic heterocycles. The van der Waals surface area contributed by atoms with Crippen molar-refractivity contribution in [2.45, 2.75) is 0 Å². The molecule has 0 aliphatic rings. The van der Waals surface area contributed by atoms with Crippen LogP contribution in [0.2, 0.25) is 5.02 Å². The van der Waals surface area contributed by atoms with E-state index in [1.807, 2.05) is 12.1 Å². The first-order valence-electron chi connectivity index (χ1n) is 2.62. The molecule has 54 valence electrons. The van der Waals surface area contributed by atoms with Crippen molar-refractivity contribution in [3.05, 3.63) is 29.3 Å². The number of hydrogen-bond acceptors (Lipinski definition) is 3. The average molecular weight is 176 g/mol. The van der Waals surface area contributed by atoms with Gasteiger partial charge >= 0.3 is 0 Å². The molecule has 0 saturated carbocycles. The van der Waals surface area contributed by atoms with Gasteiger partial charge in [-0.2, -0.15) is 0 Å². The predicted molar refractivity (Wildman–Crippen MR) is 43.9 cm³/mol. The number of halogens is 1. The Bertz CT molecular complexity index is 219. The Balaban J connectivity index is 2.81. The molecule has 0 bridgehead atoms. The topological polar surface area (TPSA) is 35.2 Å². The minimum atomic E-state index is 0.570. The van der Waals surface area contributed by atoms with Crippen LogP contribution in [0.3, 0.4) is 0 Å². The Morgan fingerprint density at radius 3 is 2.70 bits per heavy atom. The first-order valence-corrected chi connectivity index (χ1v) is 3.81. The van der Waals surface area contributed by atoms with Crippen LogP contribution in [-0.2, 0) is 0 Å². The van der Waals surface area contributed by atoms with Gasteiger partial charge in [-0.1, -0.05) is 23.7 Å². The maximum absolute atomic E-state index is 5.71. The van der Waals surface area contributed by atoms with E-state index in [-0.39, 0.29) is 0 Å². The fourth-order valence-corrected chi connectivity index (χ4v) is 1.03. The minimum absolute atomic E-state index is 0.570. The highest BCUT2D eigenvalue weighted by atomic mass is 35.5. The van der Waals surface area contributed by atoms with E-state index in [4.69, 9.17) is 20.9 Å². The van der Waals surface area contributed by atoms with E-state index in [1.165, 1.54) is 0 Å². The Morgan fingerprint density at radius 1 is 1.40 bits per heavy atom. The first kappa shape index (κ1) is 7.72. The summed E-state index contributed by atoms with van der Waals surface area (Å²) in [4.78, 5) is 0. The number of nitrogens with two attached hydrogens (primary N) is 1. The van der Waals surface area contributed by atoms with Gasteiger partial charge in [0.2, 0.25) is 0 Å². The van der Waals surface area contributed by atoms with Gasteiger partial charge in [-0.05, 0) is 12.1 Å². The van der Waals surface area contributed by atoms with E-state index >= 15 is 0 Å². The van der Waals surface area contributed by atoms with Crippen molar-refractivity contribution in [1.29, 1.82) is 0 Å². The molecule has 0 aliphatic heterocycles. The molecule has 1 rings (SSSR count). The van der Waals surface area contributed by atoms with Crippen LogP contribution < -0.4 is 9.32 Å². The molecule has 2 nitrogen and oxygen atoms in total. The van der Waals surface area contributed by atoms with E-state index in [0.29, 0.717) is 10.8 Å². The maximum atomic E-state index is 5.71. The lowest BCUT2D eigenvalue weighted by atomic mass is 10.3. The quantitative estimate of drug-likeness (QED) is 0.553. The molecule has 0 fully saturated rings. The molecule has 0 spiro atoms. The lowest BCUT2D eigenvalue weighted by Gasteiger charge is -2.00. The van der Waals surface area contributed by atoms with Crippen molar-refractivity contribution in [2.75, 3.05) is 0 Å². The SMILES string of the molecule is NSOc1ccccc1Cl. The van der Waals surface area contributed by atoms with Gasteiger partial charge in [-0.3, -0.25) is 0 Å². The molecular weight excluding hydrogens is 170 g/mol. The zero-order valence-electron chi connectivity index (χ0n) is 5.08. The van der Waals surface area contributed by atoms with Gasteiger partial charge in [-0.25, -0.2) is 5.14 Å². The Hall–Kier alpha value is -0.380. The van der Waals surface area contributed by atoms with Crippen LogP contribution in [0.5, 0.6) is 5.75 Å². The zero-order valence-corrected chi connectivity index (χ0v) is 6.65. The second-order valence-corrected chi connectivity index (χ2v) is 2.38. The number of hydrogen-bond donors (Lipinski definition) is 1. The highest BCUT2D eigenvalue weighted by Crippen LogP contribution is 2.24. The summed E-state index contributed by atoms with van der Waals surface area (Å²) in [5.41, 5.74) is 0. The summed E-state index contributed by atoms with van der Waals surface area (Å²) in [7, 11) is 0. The predicted octanol–water partition coefficient (Wildman–Crippen LogP) is 2.24. The van der Waals surface area contributed by atoms with Gasteiger partial charge in [0.15, 0.2) is 5.75 Å². The van der Waals surface area contributed by atoms with Crippen LogP contribution in [-0.4, -0.2) is 0 Å². The van der Waals surface area contributed by atoms with Crippen LogP contribution in [0, 0.1) is 0 Å². The molecule has 10 heavy (non-hydrogen) atoms. The number of para-hydroxylation sites is 1. The van der Waals surface area contributed by atoms with Crippen molar-refractivity contribution in [3.63, 3.8) is 0 Å².